The van der Waals surface area contributed by atoms with E-state index in [9.17, 15) is 4.79 Å². The molecule has 0 aliphatic rings. The molecule has 5 heteroatoms. The van der Waals surface area contributed by atoms with Crippen LogP contribution in [0.2, 0.25) is 0 Å². The lowest BCUT2D eigenvalue weighted by Crippen LogP contribution is -2.44. The first-order valence-corrected chi connectivity index (χ1v) is 5.20. The molecule has 0 saturated heterocycles. The zero-order valence-corrected chi connectivity index (χ0v) is 9.26. The minimum atomic E-state index is -0.629. The summed E-state index contributed by atoms with van der Waals surface area (Å²) < 4.78 is 0. The van der Waals surface area contributed by atoms with Gasteiger partial charge < -0.3 is 16.2 Å². The molecule has 2 unspecified atom stereocenters. The van der Waals surface area contributed by atoms with Crippen molar-refractivity contribution in [2.45, 2.75) is 25.5 Å². The Labute approximate surface area is 94.7 Å². The quantitative estimate of drug-likeness (QED) is 0.625. The lowest BCUT2D eigenvalue weighted by molar-refractivity contribution is -0.120. The molecule has 0 aliphatic carbocycles. The van der Waals surface area contributed by atoms with Gasteiger partial charge in [-0.2, -0.15) is 0 Å². The second kappa shape index (κ2) is 6.19. The van der Waals surface area contributed by atoms with E-state index in [1.807, 2.05) is 6.07 Å². The molecule has 1 aromatic rings. The summed E-state index contributed by atoms with van der Waals surface area (Å²) in [5.41, 5.74) is 6.29. The molecular formula is C11H17N3O2. The van der Waals surface area contributed by atoms with Gasteiger partial charge in [0.1, 0.15) is 0 Å². The number of nitrogens with one attached hydrogen (secondary N) is 1. The maximum Gasteiger partial charge on any atom is 0.226 e. The van der Waals surface area contributed by atoms with Crippen LogP contribution in [0.15, 0.2) is 24.4 Å². The molecule has 1 heterocycles. The molecule has 4 N–H and O–H groups in total. The third kappa shape index (κ3) is 4.37. The Bertz CT molecular complexity index is 327. The summed E-state index contributed by atoms with van der Waals surface area (Å²) in [6.07, 6.45) is 1.24. The Morgan fingerprint density at radius 3 is 2.94 bits per heavy atom. The number of nitrogens with two attached hydrogens (primary N) is 1. The number of aliphatic hydroxyl groups excluding tert-OH is 1. The van der Waals surface area contributed by atoms with Crippen molar-refractivity contribution >= 4 is 5.91 Å². The summed E-state index contributed by atoms with van der Waals surface area (Å²) in [4.78, 5) is 15.5. The molecule has 2 atom stereocenters. The average molecular weight is 223 g/mol. The van der Waals surface area contributed by atoms with E-state index in [0.717, 1.165) is 0 Å². The van der Waals surface area contributed by atoms with Gasteiger partial charge in [0, 0.05) is 24.5 Å². The molecule has 0 bridgehead atoms. The maximum atomic E-state index is 11.5. The van der Waals surface area contributed by atoms with Crippen LogP contribution in [0.25, 0.3) is 0 Å². The van der Waals surface area contributed by atoms with Crippen molar-refractivity contribution in [2.24, 2.45) is 5.73 Å². The summed E-state index contributed by atoms with van der Waals surface area (Å²) >= 11 is 0. The molecule has 5 nitrogen and oxygen atoms in total. The number of hydrogen-bond donors (Lipinski definition) is 3. The molecule has 88 valence electrons. The van der Waals surface area contributed by atoms with Gasteiger partial charge in [0.05, 0.1) is 12.5 Å². The fraction of sp³-hybridized carbons (Fsp3) is 0.455. The molecule has 0 aromatic carbocycles. The van der Waals surface area contributed by atoms with Crippen LogP contribution < -0.4 is 11.1 Å². The van der Waals surface area contributed by atoms with Crippen molar-refractivity contribution in [1.29, 1.82) is 0 Å². The number of aromatic nitrogens is 1. The van der Waals surface area contributed by atoms with E-state index in [0.29, 0.717) is 5.69 Å². The van der Waals surface area contributed by atoms with Gasteiger partial charge in [0.25, 0.3) is 0 Å². The highest BCUT2D eigenvalue weighted by Crippen LogP contribution is 1.94. The van der Waals surface area contributed by atoms with Crippen molar-refractivity contribution in [3.63, 3.8) is 0 Å². The normalized spacial score (nSPS) is 14.2. The van der Waals surface area contributed by atoms with Gasteiger partial charge in [-0.05, 0) is 19.1 Å². The molecule has 0 aliphatic heterocycles. The van der Waals surface area contributed by atoms with E-state index in [4.69, 9.17) is 10.8 Å². The number of carbonyl (C=O) groups excluding carboxylic acids is 1. The second-order valence-electron chi connectivity index (χ2n) is 3.71. The first-order chi connectivity index (χ1) is 7.59. The molecular weight excluding hydrogens is 206 g/mol. The minimum absolute atomic E-state index is 0.144. The zero-order chi connectivity index (χ0) is 12.0. The summed E-state index contributed by atoms with van der Waals surface area (Å²) in [5, 5.41) is 11.8. The van der Waals surface area contributed by atoms with E-state index in [2.05, 4.69) is 10.3 Å². The predicted octanol–water partition coefficient (Wildman–Crippen LogP) is -0.552. The van der Waals surface area contributed by atoms with Crippen molar-refractivity contribution in [1.82, 2.24) is 10.3 Å². The number of pyridine rings is 1. The van der Waals surface area contributed by atoms with Crippen molar-refractivity contribution in [3.8, 4) is 0 Å². The Morgan fingerprint density at radius 2 is 2.38 bits per heavy atom. The fourth-order valence-corrected chi connectivity index (χ4v) is 1.13. The van der Waals surface area contributed by atoms with Gasteiger partial charge >= 0.3 is 0 Å². The number of rotatable bonds is 5. The number of aliphatic hydroxyl groups is 1. The third-order valence-corrected chi connectivity index (χ3v) is 2.22. The summed E-state index contributed by atoms with van der Waals surface area (Å²) in [5.74, 6) is -0.144. The van der Waals surface area contributed by atoms with Crippen LogP contribution in [0.5, 0.6) is 0 Å². The van der Waals surface area contributed by atoms with Crippen LogP contribution in [0.3, 0.4) is 0 Å². The first kappa shape index (κ1) is 12.6. The zero-order valence-electron chi connectivity index (χ0n) is 9.26. The SMILES string of the molecule is CC(O)C(N)CNC(=O)Cc1ccccn1. The van der Waals surface area contributed by atoms with Gasteiger partial charge in [-0.25, -0.2) is 0 Å². The molecule has 16 heavy (non-hydrogen) atoms. The third-order valence-electron chi connectivity index (χ3n) is 2.22. The Balaban J connectivity index is 2.32. The standard InChI is InChI=1S/C11H17N3O2/c1-8(15)10(12)7-14-11(16)6-9-4-2-3-5-13-9/h2-5,8,10,15H,6-7,12H2,1H3,(H,14,16). The molecule has 0 spiro atoms. The van der Waals surface area contributed by atoms with Gasteiger partial charge in [0.2, 0.25) is 5.91 Å². The molecule has 1 rings (SSSR count). The van der Waals surface area contributed by atoms with E-state index < -0.39 is 12.1 Å². The highest BCUT2D eigenvalue weighted by atomic mass is 16.3. The van der Waals surface area contributed by atoms with Gasteiger partial charge in [-0.3, -0.25) is 9.78 Å². The van der Waals surface area contributed by atoms with Crippen LogP contribution in [-0.4, -0.2) is 34.7 Å². The average Bonchev–Trinajstić information content (AvgIpc) is 2.27. The summed E-state index contributed by atoms with van der Waals surface area (Å²) in [7, 11) is 0. The van der Waals surface area contributed by atoms with E-state index in [1.54, 1.807) is 25.3 Å². The van der Waals surface area contributed by atoms with E-state index in [1.165, 1.54) is 0 Å². The Hall–Kier alpha value is -1.46. The molecule has 1 amide bonds. The summed E-state index contributed by atoms with van der Waals surface area (Å²) in [6.45, 7) is 1.86. The van der Waals surface area contributed by atoms with Crippen LogP contribution >= 0.6 is 0 Å². The lowest BCUT2D eigenvalue weighted by Gasteiger charge is -2.15. The van der Waals surface area contributed by atoms with E-state index in [-0.39, 0.29) is 18.9 Å². The van der Waals surface area contributed by atoms with Gasteiger partial charge in [-0.1, -0.05) is 6.07 Å². The molecule has 0 fully saturated rings. The number of nitrogens with zero attached hydrogens (tertiary/aromatic N) is 1. The number of hydrogen-bond acceptors (Lipinski definition) is 4. The largest absolute Gasteiger partial charge is 0.392 e. The highest BCUT2D eigenvalue weighted by Gasteiger charge is 2.11. The van der Waals surface area contributed by atoms with E-state index >= 15 is 0 Å². The van der Waals surface area contributed by atoms with Crippen molar-refractivity contribution in [2.75, 3.05) is 6.54 Å². The predicted molar refractivity (Wildman–Crippen MR) is 60.6 cm³/mol. The monoisotopic (exact) mass is 223 g/mol. The van der Waals surface area contributed by atoms with Crippen molar-refractivity contribution < 1.29 is 9.90 Å². The van der Waals surface area contributed by atoms with Crippen LogP contribution in [0, 0.1) is 0 Å². The van der Waals surface area contributed by atoms with Gasteiger partial charge in [0.15, 0.2) is 0 Å². The summed E-state index contributed by atoms with van der Waals surface area (Å²) in [6, 6.07) is 4.98. The van der Waals surface area contributed by atoms with Crippen molar-refractivity contribution in [3.05, 3.63) is 30.1 Å². The van der Waals surface area contributed by atoms with Gasteiger partial charge in [-0.15, -0.1) is 0 Å². The Morgan fingerprint density at radius 1 is 1.62 bits per heavy atom. The maximum absolute atomic E-state index is 11.5. The second-order valence-corrected chi connectivity index (χ2v) is 3.71. The van der Waals surface area contributed by atoms with Crippen LogP contribution in [0.4, 0.5) is 0 Å². The van der Waals surface area contributed by atoms with Crippen LogP contribution in [0.1, 0.15) is 12.6 Å². The number of carbonyl (C=O) groups is 1. The Kier molecular flexibility index (Phi) is 4.88. The minimum Gasteiger partial charge on any atom is -0.392 e. The molecule has 0 radical (unpaired) electrons. The lowest BCUT2D eigenvalue weighted by atomic mass is 10.2. The first-order valence-electron chi connectivity index (χ1n) is 5.20. The smallest absolute Gasteiger partial charge is 0.226 e. The molecule has 1 aromatic heterocycles. The highest BCUT2D eigenvalue weighted by molar-refractivity contribution is 5.78. The molecule has 0 saturated carbocycles. The number of amides is 1. The fourth-order valence-electron chi connectivity index (χ4n) is 1.13. The van der Waals surface area contributed by atoms with Crippen LogP contribution in [-0.2, 0) is 11.2 Å². The topological polar surface area (TPSA) is 88.2 Å².